The quantitative estimate of drug-likeness (QED) is 0.183. The number of benzene rings is 1. The summed E-state index contributed by atoms with van der Waals surface area (Å²) < 4.78 is 24.0. The van der Waals surface area contributed by atoms with Crippen LogP contribution in [-0.2, 0) is 25.5 Å². The molecule has 0 amide bonds. The third-order valence-corrected chi connectivity index (χ3v) is 11.3. The van der Waals surface area contributed by atoms with E-state index in [-0.39, 0.29) is 37.5 Å². The van der Waals surface area contributed by atoms with Gasteiger partial charge in [-0.05, 0) is 98.1 Å². The van der Waals surface area contributed by atoms with E-state index in [0.717, 1.165) is 5.56 Å². The lowest BCUT2D eigenvalue weighted by Crippen LogP contribution is -2.64. The van der Waals surface area contributed by atoms with Gasteiger partial charge in [-0.1, -0.05) is 32.9 Å². The molecule has 1 unspecified atom stereocenters. The third-order valence-electron chi connectivity index (χ3n) is 11.3. The molecule has 2 aliphatic heterocycles. The SMILES string of the molecule is CC[C@H]1OC(=O)C(C)[C@@](O)(CNCc2ccc(OC)cc2)[C@H](C)[C@@H](O[C@@H]2O[C@H](C)C[C@H](N(C)C)[C@H]2O)[C@@](C)(O)C[C@@H](C)CN[C@H](C)[C@@H](O)[C@]1(C)O. The molecule has 0 saturated carbocycles. The van der Waals surface area contributed by atoms with E-state index in [9.17, 15) is 30.3 Å². The predicted octanol–water partition coefficient (Wildman–Crippen LogP) is 1.80. The lowest BCUT2D eigenvalue weighted by Gasteiger charge is -2.49. The second-order valence-electron chi connectivity index (χ2n) is 16.0. The summed E-state index contributed by atoms with van der Waals surface area (Å²) in [5, 5.41) is 66.1. The molecule has 0 aromatic heterocycles. The highest BCUT2D eigenvalue weighted by molar-refractivity contribution is 5.74. The molecule has 7 N–H and O–H groups in total. The number of methoxy groups -OCH3 is 1. The van der Waals surface area contributed by atoms with Crippen LogP contribution in [0, 0.1) is 17.8 Å². The number of hydrogen-bond acceptors (Lipinski definition) is 13. The number of nitrogens with zero attached hydrogens (tertiary/aromatic N) is 1. The molecule has 14 atom stereocenters. The largest absolute Gasteiger partial charge is 0.497 e. The van der Waals surface area contributed by atoms with Crippen molar-refractivity contribution in [3.63, 3.8) is 0 Å². The molecular weight excluding hydrogens is 658 g/mol. The lowest BCUT2D eigenvalue weighted by molar-refractivity contribution is -0.304. The number of ether oxygens (including phenoxy) is 4. The maximum absolute atomic E-state index is 14.1. The number of aliphatic hydroxyl groups is 5. The van der Waals surface area contributed by atoms with Crippen LogP contribution in [0.25, 0.3) is 0 Å². The first-order valence-electron chi connectivity index (χ1n) is 18.5. The normalized spacial score (nSPS) is 42.1. The fourth-order valence-electron chi connectivity index (χ4n) is 7.87. The molecule has 0 spiro atoms. The summed E-state index contributed by atoms with van der Waals surface area (Å²) in [6, 6.07) is 6.57. The summed E-state index contributed by atoms with van der Waals surface area (Å²) in [5.74, 6) is -2.41. The van der Waals surface area contributed by atoms with Crippen molar-refractivity contribution >= 4 is 5.97 Å². The van der Waals surface area contributed by atoms with Crippen LogP contribution in [-0.4, -0.2) is 136 Å². The van der Waals surface area contributed by atoms with Crippen LogP contribution in [0.1, 0.15) is 80.2 Å². The molecule has 2 saturated heterocycles. The van der Waals surface area contributed by atoms with Crippen molar-refractivity contribution in [1.29, 1.82) is 0 Å². The van der Waals surface area contributed by atoms with Gasteiger partial charge >= 0.3 is 5.97 Å². The summed E-state index contributed by atoms with van der Waals surface area (Å²) in [6.45, 7) is 14.3. The average molecular weight is 726 g/mol. The van der Waals surface area contributed by atoms with Crippen molar-refractivity contribution in [2.75, 3.05) is 34.3 Å². The van der Waals surface area contributed by atoms with Gasteiger partial charge in [-0.15, -0.1) is 0 Å². The molecule has 1 aromatic rings. The Bertz CT molecular complexity index is 1230. The van der Waals surface area contributed by atoms with Gasteiger partial charge in [0, 0.05) is 31.1 Å². The van der Waals surface area contributed by atoms with Crippen LogP contribution in [0.2, 0.25) is 0 Å². The molecule has 2 fully saturated rings. The van der Waals surface area contributed by atoms with Gasteiger partial charge in [0.2, 0.25) is 0 Å². The molecule has 2 aliphatic rings. The third kappa shape index (κ3) is 10.4. The maximum Gasteiger partial charge on any atom is 0.312 e. The van der Waals surface area contributed by atoms with E-state index >= 15 is 0 Å². The zero-order valence-electron chi connectivity index (χ0n) is 32.6. The first-order chi connectivity index (χ1) is 23.7. The average Bonchev–Trinajstić information content (AvgIpc) is 3.07. The number of cyclic esters (lactones) is 1. The van der Waals surface area contributed by atoms with Crippen LogP contribution in [0.5, 0.6) is 5.75 Å². The molecular formula is C38H67N3O10. The molecule has 2 heterocycles. The first kappa shape index (κ1) is 43.5. The van der Waals surface area contributed by atoms with Gasteiger partial charge in [-0.25, -0.2) is 0 Å². The number of aliphatic hydroxyl groups excluding tert-OH is 2. The summed E-state index contributed by atoms with van der Waals surface area (Å²) >= 11 is 0. The Hall–Kier alpha value is -1.91. The Morgan fingerprint density at radius 3 is 2.24 bits per heavy atom. The monoisotopic (exact) mass is 725 g/mol. The van der Waals surface area contributed by atoms with E-state index in [2.05, 4.69) is 10.6 Å². The number of hydrogen-bond donors (Lipinski definition) is 7. The molecule has 294 valence electrons. The summed E-state index contributed by atoms with van der Waals surface area (Å²) in [5.41, 5.74) is -4.41. The standard InChI is InChI=1S/C38H67N3O10/c1-12-30-37(8,46)32(43)26(6)40-19-22(2)18-36(7,45)33(51-35-31(42)29(41(9)10)17-23(3)49-35)24(4)38(47,25(5)34(44)50-30)21-39-20-27-13-15-28(48-11)16-14-27/h13-16,22-26,29-33,35,39-40,42-43,45-47H,12,17-21H2,1-11H3/t22-,23-,24-,25?,26-,29+,30-,31-,32-,33-,35+,36+,37-,38-/m1/s1. The van der Waals surface area contributed by atoms with E-state index in [1.54, 1.807) is 41.7 Å². The summed E-state index contributed by atoms with van der Waals surface area (Å²) in [6.07, 6.45) is -5.03. The highest BCUT2D eigenvalue weighted by Crippen LogP contribution is 2.40. The Labute approximate surface area is 305 Å². The first-order valence-corrected chi connectivity index (χ1v) is 18.5. The molecule has 0 aliphatic carbocycles. The Kier molecular flexibility index (Phi) is 15.3. The topological polar surface area (TPSA) is 182 Å². The number of carbonyl (C=O) groups excluding carboxylic acids is 1. The highest BCUT2D eigenvalue weighted by Gasteiger charge is 2.54. The van der Waals surface area contributed by atoms with E-state index in [0.29, 0.717) is 25.3 Å². The van der Waals surface area contributed by atoms with E-state index in [1.807, 2.05) is 57.1 Å². The highest BCUT2D eigenvalue weighted by atomic mass is 16.7. The lowest BCUT2D eigenvalue weighted by atomic mass is 9.70. The van der Waals surface area contributed by atoms with Crippen LogP contribution in [0.3, 0.4) is 0 Å². The second-order valence-corrected chi connectivity index (χ2v) is 16.0. The fraction of sp³-hybridized carbons (Fsp3) is 0.816. The molecule has 3 rings (SSSR count). The smallest absolute Gasteiger partial charge is 0.312 e. The van der Waals surface area contributed by atoms with Gasteiger partial charge in [0.05, 0.1) is 36.4 Å². The van der Waals surface area contributed by atoms with Gasteiger partial charge in [0.15, 0.2) is 6.29 Å². The van der Waals surface area contributed by atoms with E-state index in [4.69, 9.17) is 18.9 Å². The minimum Gasteiger partial charge on any atom is -0.497 e. The van der Waals surface area contributed by atoms with Gasteiger partial charge in [-0.3, -0.25) is 4.79 Å². The van der Waals surface area contributed by atoms with E-state index in [1.165, 1.54) is 6.92 Å². The molecule has 1 aromatic carbocycles. The Morgan fingerprint density at radius 1 is 1.04 bits per heavy atom. The summed E-state index contributed by atoms with van der Waals surface area (Å²) in [7, 11) is 5.34. The zero-order chi connectivity index (χ0) is 38.5. The van der Waals surface area contributed by atoms with Crippen molar-refractivity contribution in [2.24, 2.45) is 17.8 Å². The number of esters is 1. The van der Waals surface area contributed by atoms with Gasteiger partial charge < -0.3 is 60.0 Å². The number of rotatable bonds is 9. The minimum atomic E-state index is -1.90. The number of carbonyl (C=O) groups is 1. The van der Waals surface area contributed by atoms with E-state index < -0.39 is 71.4 Å². The van der Waals surface area contributed by atoms with Gasteiger partial charge in [0.1, 0.15) is 29.7 Å². The van der Waals surface area contributed by atoms with Crippen molar-refractivity contribution in [3.8, 4) is 5.75 Å². The minimum absolute atomic E-state index is 0.110. The van der Waals surface area contributed by atoms with Gasteiger partial charge in [0.25, 0.3) is 0 Å². The van der Waals surface area contributed by atoms with Crippen LogP contribution in [0.15, 0.2) is 24.3 Å². The van der Waals surface area contributed by atoms with Crippen LogP contribution in [0.4, 0.5) is 0 Å². The Balaban J connectivity index is 2.12. The van der Waals surface area contributed by atoms with Crippen molar-refractivity contribution in [2.45, 2.75) is 147 Å². The van der Waals surface area contributed by atoms with Crippen LogP contribution < -0.4 is 15.4 Å². The molecule has 0 radical (unpaired) electrons. The molecule has 13 heteroatoms. The van der Waals surface area contributed by atoms with Gasteiger partial charge in [-0.2, -0.15) is 0 Å². The molecule has 13 nitrogen and oxygen atoms in total. The molecule has 0 bridgehead atoms. The summed E-state index contributed by atoms with van der Waals surface area (Å²) in [4.78, 5) is 16.0. The molecule has 51 heavy (non-hydrogen) atoms. The number of likely N-dealkylation sites (N-methyl/N-ethyl adjacent to an activating group) is 1. The van der Waals surface area contributed by atoms with Crippen molar-refractivity contribution in [3.05, 3.63) is 29.8 Å². The zero-order valence-corrected chi connectivity index (χ0v) is 32.6. The van der Waals surface area contributed by atoms with Crippen molar-refractivity contribution in [1.82, 2.24) is 15.5 Å². The number of nitrogens with one attached hydrogen (secondary N) is 2. The fourth-order valence-corrected chi connectivity index (χ4v) is 7.87. The van der Waals surface area contributed by atoms with Crippen molar-refractivity contribution < 1.29 is 49.3 Å². The second kappa shape index (κ2) is 17.9. The van der Waals surface area contributed by atoms with Crippen LogP contribution >= 0.6 is 0 Å². The predicted molar refractivity (Wildman–Crippen MR) is 194 cm³/mol. The maximum atomic E-state index is 14.1. The Morgan fingerprint density at radius 2 is 1.67 bits per heavy atom.